The molecule has 0 aromatic carbocycles. The molecule has 5 heteroatoms. The van der Waals surface area contributed by atoms with Crippen molar-refractivity contribution in [3.8, 4) is 0 Å². The van der Waals surface area contributed by atoms with Crippen LogP contribution in [-0.4, -0.2) is 36.8 Å². The topological polar surface area (TPSA) is 55.8 Å². The van der Waals surface area contributed by atoms with E-state index in [0.717, 1.165) is 6.54 Å². The minimum Gasteiger partial charge on any atom is -0.411 e. The molecule has 0 N–H and O–H groups in total. The minimum atomic E-state index is -0.894. The summed E-state index contributed by atoms with van der Waals surface area (Å²) in [7, 11) is 1.81. The van der Waals surface area contributed by atoms with Gasteiger partial charge in [-0.2, -0.15) is 0 Å². The van der Waals surface area contributed by atoms with E-state index in [-0.39, 0.29) is 5.76 Å². The van der Waals surface area contributed by atoms with Crippen LogP contribution in [0.25, 0.3) is 0 Å². The highest BCUT2D eigenvalue weighted by Crippen LogP contribution is 2.09. The van der Waals surface area contributed by atoms with Crippen LogP contribution in [0.4, 0.5) is 4.79 Å². The Hall–Kier alpha value is -1.58. The van der Waals surface area contributed by atoms with Crippen molar-refractivity contribution >= 4 is 12.1 Å². The largest absolute Gasteiger partial charge is 0.516 e. The molecule has 1 heterocycles. The standard InChI is InChI=1S/C9H11NO4/c1-7(6-11)13-9(12)14-8-4-3-5-10(8)2/h3-4,8H,5H2,1-2H3. The predicted molar refractivity (Wildman–Crippen MR) is 48.0 cm³/mol. The molecule has 5 nitrogen and oxygen atoms in total. The molecule has 0 amide bonds. The zero-order valence-corrected chi connectivity index (χ0v) is 8.02. The molecule has 0 saturated heterocycles. The summed E-state index contributed by atoms with van der Waals surface area (Å²) >= 11 is 0. The summed E-state index contributed by atoms with van der Waals surface area (Å²) in [5.74, 6) is 1.30. The van der Waals surface area contributed by atoms with Gasteiger partial charge in [-0.25, -0.2) is 9.59 Å². The Balaban J connectivity index is 2.41. The van der Waals surface area contributed by atoms with Crippen molar-refractivity contribution in [1.82, 2.24) is 4.90 Å². The molecule has 0 saturated carbocycles. The van der Waals surface area contributed by atoms with Crippen molar-refractivity contribution in [2.45, 2.75) is 13.2 Å². The zero-order chi connectivity index (χ0) is 10.6. The molecule has 1 unspecified atom stereocenters. The highest BCUT2D eigenvalue weighted by molar-refractivity contribution is 5.65. The van der Waals surface area contributed by atoms with Gasteiger partial charge in [0.15, 0.2) is 17.9 Å². The second-order valence-corrected chi connectivity index (χ2v) is 2.89. The van der Waals surface area contributed by atoms with E-state index >= 15 is 0 Å². The van der Waals surface area contributed by atoms with E-state index in [1.54, 1.807) is 18.0 Å². The number of nitrogens with zero attached hydrogens (tertiary/aromatic N) is 1. The van der Waals surface area contributed by atoms with Gasteiger partial charge in [0.2, 0.25) is 0 Å². The summed E-state index contributed by atoms with van der Waals surface area (Å²) in [5, 5.41) is 0. The molecule has 1 atom stereocenters. The highest BCUT2D eigenvalue weighted by Gasteiger charge is 2.20. The second kappa shape index (κ2) is 4.60. The fourth-order valence-electron chi connectivity index (χ4n) is 0.992. The van der Waals surface area contributed by atoms with Crippen LogP contribution in [0.3, 0.4) is 0 Å². The molecule has 1 aliphatic heterocycles. The van der Waals surface area contributed by atoms with E-state index in [1.165, 1.54) is 12.9 Å². The quantitative estimate of drug-likeness (QED) is 0.282. The minimum absolute atomic E-state index is 0.139. The molecule has 0 spiro atoms. The summed E-state index contributed by atoms with van der Waals surface area (Å²) in [4.78, 5) is 22.8. The second-order valence-electron chi connectivity index (χ2n) is 2.89. The molecule has 1 rings (SSSR count). The summed E-state index contributed by atoms with van der Waals surface area (Å²) in [6.07, 6.45) is 2.30. The lowest BCUT2D eigenvalue weighted by molar-refractivity contribution is 0.00739. The van der Waals surface area contributed by atoms with Crippen molar-refractivity contribution < 1.29 is 19.1 Å². The Bertz CT molecular complexity index is 304. The molecule has 0 aromatic rings. The van der Waals surface area contributed by atoms with Gasteiger partial charge in [-0.1, -0.05) is 6.08 Å². The van der Waals surface area contributed by atoms with E-state index in [4.69, 9.17) is 4.74 Å². The van der Waals surface area contributed by atoms with Crippen LogP contribution in [0.15, 0.2) is 17.9 Å². The van der Waals surface area contributed by atoms with E-state index in [0.29, 0.717) is 0 Å². The third-order valence-corrected chi connectivity index (χ3v) is 1.73. The summed E-state index contributed by atoms with van der Waals surface area (Å²) in [6, 6.07) is 0. The first-order chi connectivity index (χ1) is 6.63. The van der Waals surface area contributed by atoms with Crippen LogP contribution < -0.4 is 0 Å². The Labute approximate surface area is 81.6 Å². The maximum absolute atomic E-state index is 11.0. The molecule has 0 aliphatic carbocycles. The molecule has 76 valence electrons. The summed E-state index contributed by atoms with van der Waals surface area (Å²) in [6.45, 7) is 2.06. The zero-order valence-electron chi connectivity index (χ0n) is 8.02. The van der Waals surface area contributed by atoms with Crippen molar-refractivity contribution in [3.63, 3.8) is 0 Å². The van der Waals surface area contributed by atoms with Crippen LogP contribution >= 0.6 is 0 Å². The Morgan fingerprint density at radius 3 is 2.86 bits per heavy atom. The summed E-state index contributed by atoms with van der Waals surface area (Å²) < 4.78 is 9.36. The lowest BCUT2D eigenvalue weighted by Crippen LogP contribution is -2.30. The van der Waals surface area contributed by atoms with Crippen molar-refractivity contribution in [3.05, 3.63) is 17.9 Å². The third-order valence-electron chi connectivity index (χ3n) is 1.73. The molecular weight excluding hydrogens is 186 g/mol. The van der Waals surface area contributed by atoms with Gasteiger partial charge in [-0.05, 0) is 13.1 Å². The molecule has 0 fully saturated rings. The maximum atomic E-state index is 11.0. The van der Waals surface area contributed by atoms with Gasteiger partial charge < -0.3 is 9.47 Å². The first-order valence-electron chi connectivity index (χ1n) is 4.10. The fourth-order valence-corrected chi connectivity index (χ4v) is 0.992. The van der Waals surface area contributed by atoms with Crippen LogP contribution in [0, 0.1) is 0 Å². The van der Waals surface area contributed by atoms with Gasteiger partial charge in [-0.3, -0.25) is 4.90 Å². The lowest BCUT2D eigenvalue weighted by Gasteiger charge is -2.18. The first kappa shape index (κ1) is 10.5. The van der Waals surface area contributed by atoms with E-state index in [2.05, 4.69) is 4.74 Å². The number of allylic oxidation sites excluding steroid dienone is 1. The molecule has 0 aromatic heterocycles. The van der Waals surface area contributed by atoms with Crippen LogP contribution in [0.2, 0.25) is 0 Å². The number of carbonyl (C=O) groups excluding carboxylic acids is 2. The van der Waals surface area contributed by atoms with Crippen molar-refractivity contribution in [1.29, 1.82) is 0 Å². The van der Waals surface area contributed by atoms with Gasteiger partial charge in [-0.15, -0.1) is 0 Å². The number of carbonyl (C=O) groups is 1. The number of rotatable bonds is 2. The van der Waals surface area contributed by atoms with Crippen LogP contribution in [0.5, 0.6) is 0 Å². The first-order valence-corrected chi connectivity index (χ1v) is 4.10. The smallest absolute Gasteiger partial charge is 0.411 e. The molecule has 0 radical (unpaired) electrons. The Morgan fingerprint density at radius 2 is 2.36 bits per heavy atom. The molecule has 14 heavy (non-hydrogen) atoms. The van der Waals surface area contributed by atoms with Gasteiger partial charge >= 0.3 is 6.16 Å². The van der Waals surface area contributed by atoms with Crippen molar-refractivity contribution in [2.24, 2.45) is 0 Å². The highest BCUT2D eigenvalue weighted by atomic mass is 16.7. The Morgan fingerprint density at radius 1 is 1.64 bits per heavy atom. The monoisotopic (exact) mass is 197 g/mol. The summed E-state index contributed by atoms with van der Waals surface area (Å²) in [5.41, 5.74) is 0. The molecular formula is C9H11NO4. The van der Waals surface area contributed by atoms with Crippen LogP contribution in [-0.2, 0) is 14.3 Å². The molecule has 0 bridgehead atoms. The van der Waals surface area contributed by atoms with E-state index in [9.17, 15) is 9.59 Å². The van der Waals surface area contributed by atoms with Gasteiger partial charge in [0.1, 0.15) is 0 Å². The maximum Gasteiger partial charge on any atom is 0.516 e. The number of hydrogen-bond donors (Lipinski definition) is 0. The number of ether oxygens (including phenoxy) is 2. The van der Waals surface area contributed by atoms with Crippen LogP contribution in [0.1, 0.15) is 6.92 Å². The van der Waals surface area contributed by atoms with Gasteiger partial charge in [0, 0.05) is 13.5 Å². The molecule has 1 aliphatic rings. The average molecular weight is 197 g/mol. The normalized spacial score (nSPS) is 20.3. The van der Waals surface area contributed by atoms with Gasteiger partial charge in [0.05, 0.1) is 0 Å². The predicted octanol–water partition coefficient (Wildman–Crippen LogP) is 0.703. The van der Waals surface area contributed by atoms with E-state index < -0.39 is 12.4 Å². The number of likely N-dealkylation sites (N-methyl/N-ethyl adjacent to an activating group) is 1. The van der Waals surface area contributed by atoms with Crippen molar-refractivity contribution in [2.75, 3.05) is 13.6 Å². The van der Waals surface area contributed by atoms with Gasteiger partial charge in [0.25, 0.3) is 0 Å². The SMILES string of the molecule is CC(=C=O)OC(=O)OC1C=CCN1C. The third kappa shape index (κ3) is 2.73. The van der Waals surface area contributed by atoms with E-state index in [1.807, 2.05) is 6.08 Å². The Kier molecular flexibility index (Phi) is 3.45. The average Bonchev–Trinajstić information content (AvgIpc) is 2.51. The number of hydrogen-bond acceptors (Lipinski definition) is 5. The lowest BCUT2D eigenvalue weighted by atomic mass is 10.5. The fraction of sp³-hybridized carbons (Fsp3) is 0.444.